The molecule has 150 valence electrons. The van der Waals surface area contributed by atoms with Crippen LogP contribution in [0.3, 0.4) is 0 Å². The van der Waals surface area contributed by atoms with Crippen molar-refractivity contribution in [3.8, 4) is 0 Å². The third kappa shape index (κ3) is 4.20. The van der Waals surface area contributed by atoms with E-state index in [-0.39, 0.29) is 31.3 Å². The van der Waals surface area contributed by atoms with Gasteiger partial charge in [-0.1, -0.05) is 65.0 Å². The van der Waals surface area contributed by atoms with E-state index >= 15 is 0 Å². The molecule has 0 N–H and O–H groups in total. The molecule has 2 aromatic carbocycles. The summed E-state index contributed by atoms with van der Waals surface area (Å²) in [6.45, 7) is 17.8. The summed E-state index contributed by atoms with van der Waals surface area (Å²) in [5.74, 6) is 0. The first-order chi connectivity index (χ1) is 12.6. The molecule has 0 bridgehead atoms. The number of hydrogen-bond acceptors (Lipinski definition) is 0. The second-order valence-corrected chi connectivity index (χ2v) is 9.41. The number of aryl methyl sites for hydroxylation is 1. The number of rotatable bonds is 2. The van der Waals surface area contributed by atoms with Gasteiger partial charge >= 0.3 is 0 Å². The fourth-order valence-corrected chi connectivity index (χ4v) is 4.85. The van der Waals surface area contributed by atoms with E-state index in [0.29, 0.717) is 5.41 Å². The second-order valence-electron chi connectivity index (χ2n) is 9.41. The first kappa shape index (κ1) is 23.5. The summed E-state index contributed by atoms with van der Waals surface area (Å²) in [6, 6.07) is 9.40. The van der Waals surface area contributed by atoms with Gasteiger partial charge in [-0.15, -0.1) is 35.4 Å². The van der Waals surface area contributed by atoms with Gasteiger partial charge in [-0.2, -0.15) is 23.3 Å². The Bertz CT molecular complexity index is 913. The van der Waals surface area contributed by atoms with Crippen LogP contribution in [0.15, 0.2) is 41.0 Å². The first-order valence-electron chi connectivity index (χ1n) is 10.6. The first-order valence-corrected chi connectivity index (χ1v) is 10.6. The quantitative estimate of drug-likeness (QED) is 0.269. The van der Waals surface area contributed by atoms with Crippen LogP contribution in [0.4, 0.5) is 0 Å². The molecule has 28 heavy (non-hydrogen) atoms. The van der Waals surface area contributed by atoms with E-state index < -0.39 is 0 Å². The standard InChI is InChI=1S/C17H21.C10H15.Hf/c1-4-17(5-2)10-14-8-13-7-6-12(3)16(13)9-15(14)11-17;1-7-6-10(4,5)9(3)8(7)2;/h6-9H,4-5,10-11H2,1-3H3;1-5H3;/q2*-1;. The van der Waals surface area contributed by atoms with Gasteiger partial charge in [-0.25, -0.2) is 5.57 Å². The third-order valence-electron chi connectivity index (χ3n) is 7.50. The van der Waals surface area contributed by atoms with Gasteiger partial charge in [0.25, 0.3) is 0 Å². The van der Waals surface area contributed by atoms with Crippen molar-refractivity contribution in [1.82, 2.24) is 0 Å². The molecular formula is C27H36Hf-2. The Morgan fingerprint density at radius 1 is 1.00 bits per heavy atom. The zero-order chi connectivity index (χ0) is 20.0. The van der Waals surface area contributed by atoms with Crippen LogP contribution in [-0.4, -0.2) is 0 Å². The molecule has 1 heteroatoms. The summed E-state index contributed by atoms with van der Waals surface area (Å²) in [4.78, 5) is 0. The summed E-state index contributed by atoms with van der Waals surface area (Å²) in [5.41, 5.74) is 9.58. The molecule has 0 radical (unpaired) electrons. The van der Waals surface area contributed by atoms with Crippen molar-refractivity contribution in [2.45, 2.75) is 81.1 Å². The van der Waals surface area contributed by atoms with Crippen molar-refractivity contribution in [3.05, 3.63) is 63.8 Å². The van der Waals surface area contributed by atoms with Crippen LogP contribution in [-0.2, 0) is 38.7 Å². The van der Waals surface area contributed by atoms with E-state index in [2.05, 4.69) is 85.7 Å². The van der Waals surface area contributed by atoms with Crippen LogP contribution < -0.4 is 0 Å². The van der Waals surface area contributed by atoms with Gasteiger partial charge in [0, 0.05) is 25.8 Å². The monoisotopic (exact) mass is 540 g/mol. The summed E-state index contributed by atoms with van der Waals surface area (Å²) >= 11 is 0. The van der Waals surface area contributed by atoms with Gasteiger partial charge in [0.05, 0.1) is 0 Å². The maximum Gasteiger partial charge on any atom is 0 e. The number of benzene rings is 1. The Morgan fingerprint density at radius 2 is 1.57 bits per heavy atom. The van der Waals surface area contributed by atoms with Crippen LogP contribution >= 0.6 is 0 Å². The third-order valence-corrected chi connectivity index (χ3v) is 7.50. The predicted molar refractivity (Wildman–Crippen MR) is 119 cm³/mol. The van der Waals surface area contributed by atoms with Crippen LogP contribution in [0.5, 0.6) is 0 Å². The minimum Gasteiger partial charge on any atom is -0.263 e. The van der Waals surface area contributed by atoms with Crippen molar-refractivity contribution < 1.29 is 25.8 Å². The molecule has 0 saturated heterocycles. The summed E-state index contributed by atoms with van der Waals surface area (Å²) < 4.78 is 0. The molecular weight excluding hydrogens is 503 g/mol. The summed E-state index contributed by atoms with van der Waals surface area (Å²) in [5, 5.41) is 2.90. The van der Waals surface area contributed by atoms with E-state index in [9.17, 15) is 0 Å². The van der Waals surface area contributed by atoms with Gasteiger partial charge < -0.3 is 0 Å². The van der Waals surface area contributed by atoms with E-state index in [0.717, 1.165) is 0 Å². The zero-order valence-corrected chi connectivity index (χ0v) is 22.7. The second kappa shape index (κ2) is 8.50. The molecule has 2 aliphatic carbocycles. The van der Waals surface area contributed by atoms with Crippen molar-refractivity contribution in [3.63, 3.8) is 0 Å². The normalized spacial score (nSPS) is 19.1. The predicted octanol–water partition coefficient (Wildman–Crippen LogP) is 7.88. The van der Waals surface area contributed by atoms with Crippen molar-refractivity contribution >= 4 is 10.8 Å². The van der Waals surface area contributed by atoms with Gasteiger partial charge in [-0.05, 0) is 31.1 Å². The summed E-state index contributed by atoms with van der Waals surface area (Å²) in [7, 11) is 0. The van der Waals surface area contributed by atoms with E-state index in [4.69, 9.17) is 0 Å². The fourth-order valence-electron chi connectivity index (χ4n) is 4.85. The fraction of sp³-hybridized carbons (Fsp3) is 0.519. The molecule has 0 amide bonds. The topological polar surface area (TPSA) is 0 Å². The Morgan fingerprint density at radius 3 is 2.00 bits per heavy atom. The van der Waals surface area contributed by atoms with Crippen molar-refractivity contribution in [2.75, 3.05) is 0 Å². The van der Waals surface area contributed by atoms with Crippen LogP contribution in [0.2, 0.25) is 0 Å². The number of fused-ring (bicyclic) bond motifs is 2. The zero-order valence-electron chi connectivity index (χ0n) is 19.1. The minimum atomic E-state index is 0. The van der Waals surface area contributed by atoms with E-state index in [1.807, 2.05) is 0 Å². The molecule has 2 aliphatic rings. The van der Waals surface area contributed by atoms with E-state index in [1.54, 1.807) is 11.1 Å². The Kier molecular flexibility index (Phi) is 7.12. The molecule has 0 aliphatic heterocycles. The number of hydrogen-bond donors (Lipinski definition) is 0. The molecule has 0 fully saturated rings. The number of allylic oxidation sites excluding steroid dienone is 4. The summed E-state index contributed by atoms with van der Waals surface area (Å²) in [6.07, 6.45) is 8.62. The largest absolute Gasteiger partial charge is 0.263 e. The Labute approximate surface area is 191 Å². The smallest absolute Gasteiger partial charge is 0 e. The maximum atomic E-state index is 3.44. The average Bonchev–Trinajstić information content (AvgIpc) is 3.23. The van der Waals surface area contributed by atoms with Crippen LogP contribution in [0.25, 0.3) is 10.8 Å². The molecule has 0 spiro atoms. The van der Waals surface area contributed by atoms with Gasteiger partial charge in [0.2, 0.25) is 0 Å². The maximum absolute atomic E-state index is 3.44. The van der Waals surface area contributed by atoms with Gasteiger partial charge in [0.15, 0.2) is 0 Å². The van der Waals surface area contributed by atoms with Gasteiger partial charge in [0.1, 0.15) is 0 Å². The van der Waals surface area contributed by atoms with E-state index in [1.165, 1.54) is 58.7 Å². The van der Waals surface area contributed by atoms with Crippen LogP contribution in [0.1, 0.15) is 78.0 Å². The molecule has 0 saturated carbocycles. The minimum absolute atomic E-state index is 0. The average molecular weight is 539 g/mol. The van der Waals surface area contributed by atoms with Gasteiger partial charge in [-0.3, -0.25) is 6.08 Å². The van der Waals surface area contributed by atoms with Crippen LogP contribution in [0, 0.1) is 23.8 Å². The Hall–Kier alpha value is -0.820. The van der Waals surface area contributed by atoms with Crippen molar-refractivity contribution in [2.24, 2.45) is 10.8 Å². The molecule has 0 atom stereocenters. The molecule has 0 nitrogen and oxygen atoms in total. The molecule has 0 aromatic heterocycles. The Balaban J connectivity index is 0.000000221. The molecule has 4 rings (SSSR count). The van der Waals surface area contributed by atoms with Crippen molar-refractivity contribution in [1.29, 1.82) is 0 Å². The molecule has 0 unspecified atom stereocenters. The SMILES string of the molecule is CC1=[C-]C(C)(C)C(C)=C1C.CCC1(CC)Cc2cc3cc[c-](C)c3cc2C1.[Hf]. The molecule has 2 aromatic rings. The molecule has 0 heterocycles.